The van der Waals surface area contributed by atoms with Crippen LogP contribution in [0.4, 0.5) is 0 Å². The van der Waals surface area contributed by atoms with Crippen molar-refractivity contribution in [3.8, 4) is 0 Å². The van der Waals surface area contributed by atoms with Gasteiger partial charge in [0.15, 0.2) is 6.10 Å². The minimum absolute atomic E-state index is 0.0767. The highest BCUT2D eigenvalue weighted by molar-refractivity contribution is 5.71. The SMILES string of the molecule is CC/C=C\C/C=C\CCCCCCCCCC(=O)OC(COC(=O)CCCCCCCCC/C=C\C/C=C\CCCCC)COC(=O)CCCCCCCCCCCCCC. The summed E-state index contributed by atoms with van der Waals surface area (Å²) in [5, 5.41) is 0. The fraction of sp³-hybridized carbons (Fsp3) is 0.800. The van der Waals surface area contributed by atoms with Crippen LogP contribution in [0.2, 0.25) is 0 Å². The average molecular weight is 855 g/mol. The van der Waals surface area contributed by atoms with Gasteiger partial charge in [0.25, 0.3) is 0 Å². The lowest BCUT2D eigenvalue weighted by Gasteiger charge is -2.18. The van der Waals surface area contributed by atoms with Crippen molar-refractivity contribution in [1.29, 1.82) is 0 Å². The number of ether oxygens (including phenoxy) is 3. The van der Waals surface area contributed by atoms with Gasteiger partial charge in [-0.25, -0.2) is 0 Å². The van der Waals surface area contributed by atoms with Gasteiger partial charge in [-0.15, -0.1) is 0 Å². The van der Waals surface area contributed by atoms with Gasteiger partial charge in [-0.2, -0.15) is 0 Å². The third-order valence-electron chi connectivity index (χ3n) is 11.3. The molecule has 0 saturated heterocycles. The zero-order valence-electron chi connectivity index (χ0n) is 40.4. The van der Waals surface area contributed by atoms with E-state index in [1.54, 1.807) is 0 Å². The smallest absolute Gasteiger partial charge is 0.306 e. The number of esters is 3. The number of carbonyl (C=O) groups is 3. The van der Waals surface area contributed by atoms with Crippen LogP contribution in [0.15, 0.2) is 48.6 Å². The molecule has 1 unspecified atom stereocenters. The highest BCUT2D eigenvalue weighted by Gasteiger charge is 2.19. The lowest BCUT2D eigenvalue weighted by atomic mass is 10.0. The first-order valence-corrected chi connectivity index (χ1v) is 26.1. The molecule has 0 aromatic carbocycles. The number of allylic oxidation sites excluding steroid dienone is 8. The first kappa shape index (κ1) is 58.4. The number of hydrogen-bond donors (Lipinski definition) is 0. The molecule has 0 saturated carbocycles. The van der Waals surface area contributed by atoms with Crippen molar-refractivity contribution in [2.45, 2.75) is 271 Å². The fourth-order valence-corrected chi connectivity index (χ4v) is 7.39. The molecule has 0 aliphatic rings. The Bertz CT molecular complexity index is 1070. The zero-order chi connectivity index (χ0) is 44.4. The average Bonchev–Trinajstić information content (AvgIpc) is 3.26. The maximum Gasteiger partial charge on any atom is 0.306 e. The predicted molar refractivity (Wildman–Crippen MR) is 261 cm³/mol. The summed E-state index contributed by atoms with van der Waals surface area (Å²) >= 11 is 0. The molecule has 0 aromatic heterocycles. The Morgan fingerprint density at radius 1 is 0.344 bits per heavy atom. The van der Waals surface area contributed by atoms with E-state index in [4.69, 9.17) is 14.2 Å². The summed E-state index contributed by atoms with van der Waals surface area (Å²) in [7, 11) is 0. The molecule has 1 atom stereocenters. The minimum Gasteiger partial charge on any atom is -0.462 e. The second-order valence-electron chi connectivity index (χ2n) is 17.4. The molecule has 0 amide bonds. The van der Waals surface area contributed by atoms with Crippen LogP contribution in [0.1, 0.15) is 265 Å². The summed E-state index contributed by atoms with van der Waals surface area (Å²) < 4.78 is 16.8. The monoisotopic (exact) mass is 855 g/mol. The molecular weight excluding hydrogens is 757 g/mol. The summed E-state index contributed by atoms with van der Waals surface area (Å²) in [4.78, 5) is 38.0. The van der Waals surface area contributed by atoms with Crippen molar-refractivity contribution in [2.24, 2.45) is 0 Å². The Morgan fingerprint density at radius 2 is 0.639 bits per heavy atom. The van der Waals surface area contributed by atoms with E-state index in [9.17, 15) is 14.4 Å². The Morgan fingerprint density at radius 3 is 1.02 bits per heavy atom. The van der Waals surface area contributed by atoms with Crippen LogP contribution >= 0.6 is 0 Å². The van der Waals surface area contributed by atoms with Crippen LogP contribution in [0.25, 0.3) is 0 Å². The maximum atomic E-state index is 12.8. The molecule has 0 N–H and O–H groups in total. The number of hydrogen-bond acceptors (Lipinski definition) is 6. The zero-order valence-corrected chi connectivity index (χ0v) is 40.4. The molecule has 6 heteroatoms. The summed E-state index contributed by atoms with van der Waals surface area (Å²) in [6, 6.07) is 0. The summed E-state index contributed by atoms with van der Waals surface area (Å²) in [5.41, 5.74) is 0. The van der Waals surface area contributed by atoms with E-state index < -0.39 is 6.10 Å². The topological polar surface area (TPSA) is 78.9 Å². The molecule has 0 aliphatic carbocycles. The number of unbranched alkanes of at least 4 members (excludes halogenated alkanes) is 28. The van der Waals surface area contributed by atoms with Crippen molar-refractivity contribution in [2.75, 3.05) is 13.2 Å². The quantitative estimate of drug-likeness (QED) is 0.0263. The van der Waals surface area contributed by atoms with E-state index >= 15 is 0 Å². The van der Waals surface area contributed by atoms with E-state index in [1.807, 2.05) is 0 Å². The fourth-order valence-electron chi connectivity index (χ4n) is 7.39. The van der Waals surface area contributed by atoms with E-state index in [2.05, 4.69) is 69.4 Å². The van der Waals surface area contributed by atoms with Crippen LogP contribution in [0.3, 0.4) is 0 Å². The molecule has 0 bridgehead atoms. The van der Waals surface area contributed by atoms with Gasteiger partial charge in [0, 0.05) is 19.3 Å². The van der Waals surface area contributed by atoms with Crippen molar-refractivity contribution < 1.29 is 28.6 Å². The Kier molecular flexibility index (Phi) is 47.9. The lowest BCUT2D eigenvalue weighted by molar-refractivity contribution is -0.167. The second kappa shape index (κ2) is 50.0. The van der Waals surface area contributed by atoms with Crippen molar-refractivity contribution in [3.63, 3.8) is 0 Å². The minimum atomic E-state index is -0.777. The molecule has 6 nitrogen and oxygen atoms in total. The predicted octanol–water partition coefficient (Wildman–Crippen LogP) is 17.1. The number of rotatable bonds is 47. The molecule has 0 fully saturated rings. The largest absolute Gasteiger partial charge is 0.462 e. The van der Waals surface area contributed by atoms with Gasteiger partial charge in [0.1, 0.15) is 13.2 Å². The van der Waals surface area contributed by atoms with Crippen LogP contribution in [0.5, 0.6) is 0 Å². The van der Waals surface area contributed by atoms with Gasteiger partial charge >= 0.3 is 17.9 Å². The Labute approximate surface area is 378 Å². The van der Waals surface area contributed by atoms with Crippen LogP contribution in [0, 0.1) is 0 Å². The van der Waals surface area contributed by atoms with Gasteiger partial charge in [-0.1, -0.05) is 217 Å². The highest BCUT2D eigenvalue weighted by atomic mass is 16.6. The van der Waals surface area contributed by atoms with Gasteiger partial charge in [-0.05, 0) is 77.0 Å². The number of carbonyl (C=O) groups excluding carboxylic acids is 3. The van der Waals surface area contributed by atoms with Crippen molar-refractivity contribution in [1.82, 2.24) is 0 Å². The maximum absolute atomic E-state index is 12.8. The molecule has 0 aromatic rings. The second-order valence-corrected chi connectivity index (χ2v) is 17.4. The van der Waals surface area contributed by atoms with E-state index in [0.717, 1.165) is 89.9 Å². The van der Waals surface area contributed by atoms with Gasteiger partial charge < -0.3 is 14.2 Å². The summed E-state index contributed by atoms with van der Waals surface area (Å²) in [6.07, 6.45) is 59.5. The normalized spacial score (nSPS) is 12.4. The third kappa shape index (κ3) is 48.3. The van der Waals surface area contributed by atoms with E-state index in [0.29, 0.717) is 19.3 Å². The molecule has 0 radical (unpaired) electrons. The van der Waals surface area contributed by atoms with Crippen LogP contribution in [-0.2, 0) is 28.6 Å². The summed E-state index contributed by atoms with van der Waals surface area (Å²) in [6.45, 7) is 6.51. The Balaban J connectivity index is 4.36. The van der Waals surface area contributed by atoms with Gasteiger partial charge in [-0.3, -0.25) is 14.4 Å². The van der Waals surface area contributed by atoms with Gasteiger partial charge in [0.05, 0.1) is 0 Å². The molecule has 0 heterocycles. The van der Waals surface area contributed by atoms with E-state index in [-0.39, 0.29) is 31.1 Å². The van der Waals surface area contributed by atoms with E-state index in [1.165, 1.54) is 135 Å². The van der Waals surface area contributed by atoms with Crippen molar-refractivity contribution >= 4 is 17.9 Å². The van der Waals surface area contributed by atoms with Crippen LogP contribution in [-0.4, -0.2) is 37.2 Å². The Hall–Kier alpha value is -2.63. The first-order valence-electron chi connectivity index (χ1n) is 26.1. The lowest BCUT2D eigenvalue weighted by Crippen LogP contribution is -2.30. The summed E-state index contributed by atoms with van der Waals surface area (Å²) in [5.74, 6) is -0.886. The van der Waals surface area contributed by atoms with Crippen molar-refractivity contribution in [3.05, 3.63) is 48.6 Å². The molecule has 0 aliphatic heterocycles. The first-order chi connectivity index (χ1) is 30.0. The molecular formula is C55H98O6. The highest BCUT2D eigenvalue weighted by Crippen LogP contribution is 2.15. The molecule has 0 rings (SSSR count). The molecule has 0 spiro atoms. The standard InChI is InChI=1S/C55H98O6/c1-4-7-10-13-16-19-22-25-27-28-29-31-33-36-39-42-45-48-54(57)60-51-52(50-59-53(56)47-44-41-38-35-32-24-21-18-15-12-9-6-3)61-55(58)49-46-43-40-37-34-30-26-23-20-17-14-11-8-5-2/h8,11,16-17,19-20,25,27,52H,4-7,9-10,12-15,18,21-24,26,28-51H2,1-3H3/b11-8-,19-16-,20-17-,27-25-. The third-order valence-corrected chi connectivity index (χ3v) is 11.3. The van der Waals surface area contributed by atoms with Gasteiger partial charge in [0.2, 0.25) is 0 Å². The van der Waals surface area contributed by atoms with Crippen LogP contribution < -0.4 is 0 Å². The molecule has 354 valence electrons. The molecule has 61 heavy (non-hydrogen) atoms.